The summed E-state index contributed by atoms with van der Waals surface area (Å²) in [6.45, 7) is 1.82. The number of rotatable bonds is 2. The van der Waals surface area contributed by atoms with Crippen LogP contribution in [0.4, 0.5) is 25.0 Å². The maximum absolute atomic E-state index is 13.9. The Morgan fingerprint density at radius 3 is 2.58 bits per heavy atom. The number of halogens is 3. The fourth-order valence-corrected chi connectivity index (χ4v) is 3.42. The van der Waals surface area contributed by atoms with Crippen LogP contribution in [0.1, 0.15) is 12.5 Å². The lowest BCUT2D eigenvalue weighted by molar-refractivity contribution is -0.118. The van der Waals surface area contributed by atoms with Crippen molar-refractivity contribution in [3.05, 3.63) is 58.1 Å². The Hall–Kier alpha value is -2.48. The Labute approximate surface area is 157 Å². The van der Waals surface area contributed by atoms with Gasteiger partial charge < -0.3 is 10.0 Å². The van der Waals surface area contributed by atoms with E-state index in [2.05, 4.69) is 15.9 Å². The first kappa shape index (κ1) is 18.3. The second kappa shape index (κ2) is 7.03. The summed E-state index contributed by atoms with van der Waals surface area (Å²) < 4.78 is 27.6. The molecule has 0 bridgehead atoms. The lowest BCUT2D eigenvalue weighted by Crippen LogP contribution is -2.52. The van der Waals surface area contributed by atoms with Crippen molar-refractivity contribution in [3.8, 4) is 0 Å². The van der Waals surface area contributed by atoms with Crippen LogP contribution < -0.4 is 9.80 Å². The van der Waals surface area contributed by atoms with E-state index in [1.165, 1.54) is 15.9 Å². The Balaban J connectivity index is 1.97. The zero-order chi connectivity index (χ0) is 19.0. The highest BCUT2D eigenvalue weighted by molar-refractivity contribution is 9.10. The van der Waals surface area contributed by atoms with Crippen LogP contribution in [0.25, 0.3) is 0 Å². The molecule has 5 nitrogen and oxygen atoms in total. The summed E-state index contributed by atoms with van der Waals surface area (Å²) in [5.74, 6) is -1.89. The number of carbonyl (C=O) groups excluding carboxylic acids is 1. The molecule has 2 amide bonds. The van der Waals surface area contributed by atoms with Gasteiger partial charge in [-0.2, -0.15) is 0 Å². The van der Waals surface area contributed by atoms with Gasteiger partial charge >= 0.3 is 6.09 Å². The average Bonchev–Trinajstić information content (AvgIpc) is 2.56. The predicted molar refractivity (Wildman–Crippen MR) is 96.5 cm³/mol. The molecular formula is C18H15BrF2N2O3. The topological polar surface area (TPSA) is 60.9 Å². The van der Waals surface area contributed by atoms with E-state index in [1.807, 2.05) is 0 Å². The molecule has 1 unspecified atom stereocenters. The summed E-state index contributed by atoms with van der Waals surface area (Å²) in [5, 5.41) is 9.44. The summed E-state index contributed by atoms with van der Waals surface area (Å²) in [6, 6.07) is 7.61. The minimum Gasteiger partial charge on any atom is -0.465 e. The molecule has 0 fully saturated rings. The van der Waals surface area contributed by atoms with Crippen molar-refractivity contribution in [2.45, 2.75) is 19.4 Å². The van der Waals surface area contributed by atoms with Crippen LogP contribution in [0.15, 0.2) is 40.9 Å². The fraction of sp³-hybridized carbons (Fsp3) is 0.222. The van der Waals surface area contributed by atoms with Gasteiger partial charge in [-0.25, -0.2) is 13.6 Å². The van der Waals surface area contributed by atoms with Crippen molar-refractivity contribution >= 4 is 39.3 Å². The van der Waals surface area contributed by atoms with E-state index >= 15 is 0 Å². The number of benzene rings is 2. The highest BCUT2D eigenvalue weighted by atomic mass is 79.9. The molecule has 0 radical (unpaired) electrons. The van der Waals surface area contributed by atoms with E-state index in [1.54, 1.807) is 25.1 Å². The van der Waals surface area contributed by atoms with Gasteiger partial charge in [-0.1, -0.05) is 22.0 Å². The monoisotopic (exact) mass is 424 g/mol. The minimum atomic E-state index is -1.12. The van der Waals surface area contributed by atoms with E-state index < -0.39 is 29.7 Å². The van der Waals surface area contributed by atoms with Gasteiger partial charge in [0.2, 0.25) is 5.91 Å². The molecule has 2 aromatic rings. The van der Waals surface area contributed by atoms with E-state index in [9.17, 15) is 23.5 Å². The average molecular weight is 425 g/mol. The molecular weight excluding hydrogens is 410 g/mol. The van der Waals surface area contributed by atoms with Crippen molar-refractivity contribution in [2.24, 2.45) is 0 Å². The Morgan fingerprint density at radius 2 is 1.92 bits per heavy atom. The van der Waals surface area contributed by atoms with Gasteiger partial charge in [-0.3, -0.25) is 9.69 Å². The SMILES string of the molecule is CC1CN(C(=O)O)c2cc(Br)ccc2N1C(=O)Cc1ccc(F)cc1F. The number of hydrogen-bond acceptors (Lipinski definition) is 2. The molecule has 1 aliphatic rings. The van der Waals surface area contributed by atoms with E-state index in [0.29, 0.717) is 15.8 Å². The van der Waals surface area contributed by atoms with E-state index in [4.69, 9.17) is 0 Å². The van der Waals surface area contributed by atoms with Gasteiger partial charge in [-0.15, -0.1) is 0 Å². The lowest BCUT2D eigenvalue weighted by Gasteiger charge is -2.40. The molecule has 1 atom stereocenters. The van der Waals surface area contributed by atoms with Gasteiger partial charge in [0, 0.05) is 17.1 Å². The highest BCUT2D eigenvalue weighted by Gasteiger charge is 2.35. The zero-order valence-corrected chi connectivity index (χ0v) is 15.3. The Kier molecular flexibility index (Phi) is 4.95. The van der Waals surface area contributed by atoms with Crippen molar-refractivity contribution in [2.75, 3.05) is 16.3 Å². The normalized spacial score (nSPS) is 16.4. The lowest BCUT2D eigenvalue weighted by atomic mass is 10.0. The molecule has 8 heteroatoms. The van der Waals surface area contributed by atoms with Crippen molar-refractivity contribution in [1.82, 2.24) is 0 Å². The number of anilines is 2. The smallest absolute Gasteiger partial charge is 0.411 e. The summed E-state index contributed by atoms with van der Waals surface area (Å²) >= 11 is 3.30. The molecule has 0 aliphatic carbocycles. The van der Waals surface area contributed by atoms with Crippen LogP contribution in [-0.4, -0.2) is 29.7 Å². The molecule has 2 aromatic carbocycles. The molecule has 0 aromatic heterocycles. The van der Waals surface area contributed by atoms with Crippen LogP contribution in [0.3, 0.4) is 0 Å². The third-order valence-corrected chi connectivity index (χ3v) is 4.73. The van der Waals surface area contributed by atoms with Crippen LogP contribution in [0, 0.1) is 11.6 Å². The van der Waals surface area contributed by atoms with E-state index in [0.717, 1.165) is 12.1 Å². The first-order chi connectivity index (χ1) is 12.3. The molecule has 0 spiro atoms. The summed E-state index contributed by atoms with van der Waals surface area (Å²) in [4.78, 5) is 27.0. The third kappa shape index (κ3) is 3.41. The molecule has 26 heavy (non-hydrogen) atoms. The Morgan fingerprint density at radius 1 is 1.19 bits per heavy atom. The molecule has 3 rings (SSSR count). The van der Waals surface area contributed by atoms with Crippen LogP contribution in [-0.2, 0) is 11.2 Å². The summed E-state index contributed by atoms with van der Waals surface area (Å²) in [5.41, 5.74) is 0.891. The van der Waals surface area contributed by atoms with Gasteiger partial charge in [0.15, 0.2) is 0 Å². The first-order valence-corrected chi connectivity index (χ1v) is 8.63. The summed E-state index contributed by atoms with van der Waals surface area (Å²) in [6.07, 6.45) is -1.37. The molecule has 1 heterocycles. The maximum Gasteiger partial charge on any atom is 0.411 e. The molecule has 0 saturated carbocycles. The number of amides is 2. The minimum absolute atomic E-state index is 0.0860. The van der Waals surface area contributed by atoms with Crippen LogP contribution in [0.2, 0.25) is 0 Å². The number of fused-ring (bicyclic) bond motifs is 1. The van der Waals surface area contributed by atoms with Crippen LogP contribution >= 0.6 is 15.9 Å². The molecule has 0 saturated heterocycles. The van der Waals surface area contributed by atoms with Gasteiger partial charge in [0.1, 0.15) is 11.6 Å². The Bertz CT molecular complexity index is 891. The second-order valence-corrected chi connectivity index (χ2v) is 6.97. The highest BCUT2D eigenvalue weighted by Crippen LogP contribution is 2.38. The standard InChI is InChI=1S/C18H15BrF2N2O3/c1-10-9-22(18(25)26)16-7-12(19)3-5-15(16)23(10)17(24)6-11-2-4-13(20)8-14(11)21/h2-5,7-8,10H,6,9H2,1H3,(H,25,26). The van der Waals surface area contributed by atoms with Gasteiger partial charge in [-0.05, 0) is 36.8 Å². The number of nitrogens with zero attached hydrogens (tertiary/aromatic N) is 2. The van der Waals surface area contributed by atoms with Crippen LogP contribution in [0.5, 0.6) is 0 Å². The van der Waals surface area contributed by atoms with Gasteiger partial charge in [0.05, 0.1) is 23.8 Å². The molecule has 136 valence electrons. The number of carboxylic acid groups (broad SMARTS) is 1. The van der Waals surface area contributed by atoms with E-state index in [-0.39, 0.29) is 18.5 Å². The molecule has 1 aliphatic heterocycles. The maximum atomic E-state index is 13.9. The quantitative estimate of drug-likeness (QED) is 0.785. The van der Waals surface area contributed by atoms with Gasteiger partial charge in [0.25, 0.3) is 0 Å². The largest absolute Gasteiger partial charge is 0.465 e. The number of carbonyl (C=O) groups is 2. The number of hydrogen-bond donors (Lipinski definition) is 1. The van der Waals surface area contributed by atoms with Crippen molar-refractivity contribution in [1.29, 1.82) is 0 Å². The summed E-state index contributed by atoms with van der Waals surface area (Å²) in [7, 11) is 0. The van der Waals surface area contributed by atoms with Crippen molar-refractivity contribution < 1.29 is 23.5 Å². The molecule has 1 N–H and O–H groups in total. The zero-order valence-electron chi connectivity index (χ0n) is 13.7. The predicted octanol–water partition coefficient (Wildman–Crippen LogP) is 4.19. The first-order valence-electron chi connectivity index (χ1n) is 7.84. The second-order valence-electron chi connectivity index (χ2n) is 6.05. The van der Waals surface area contributed by atoms with Crippen molar-refractivity contribution in [3.63, 3.8) is 0 Å². The third-order valence-electron chi connectivity index (χ3n) is 4.23. The fourth-order valence-electron chi connectivity index (χ4n) is 3.07.